The lowest BCUT2D eigenvalue weighted by Crippen LogP contribution is -2.44. The van der Waals surface area contributed by atoms with Crippen molar-refractivity contribution in [2.45, 2.75) is 13.5 Å². The summed E-state index contributed by atoms with van der Waals surface area (Å²) in [5.74, 6) is 1.28. The maximum atomic E-state index is 13.5. The van der Waals surface area contributed by atoms with Crippen LogP contribution in [-0.4, -0.2) is 46.3 Å². The second-order valence-corrected chi connectivity index (χ2v) is 7.72. The van der Waals surface area contributed by atoms with Crippen LogP contribution in [0.25, 0.3) is 22.2 Å². The Labute approximate surface area is 179 Å². The highest BCUT2D eigenvalue weighted by Gasteiger charge is 2.18. The van der Waals surface area contributed by atoms with E-state index in [1.54, 1.807) is 12.3 Å². The lowest BCUT2D eigenvalue weighted by molar-refractivity contribution is 0.585. The molecule has 3 heterocycles. The Morgan fingerprint density at radius 1 is 1.13 bits per heavy atom. The van der Waals surface area contributed by atoms with Crippen LogP contribution in [0.3, 0.4) is 0 Å². The average Bonchev–Trinajstić information content (AvgIpc) is 3.18. The highest BCUT2D eigenvalue weighted by atomic mass is 19.1. The second kappa shape index (κ2) is 8.31. The molecule has 0 amide bonds. The smallest absolute Gasteiger partial charge is 0.172 e. The molecule has 1 aliphatic heterocycles. The zero-order valence-corrected chi connectivity index (χ0v) is 17.3. The van der Waals surface area contributed by atoms with Gasteiger partial charge in [-0.05, 0) is 36.8 Å². The van der Waals surface area contributed by atoms with Crippen molar-refractivity contribution in [3.63, 3.8) is 0 Å². The molecule has 0 saturated carbocycles. The van der Waals surface area contributed by atoms with Gasteiger partial charge in [-0.15, -0.1) is 0 Å². The highest BCUT2D eigenvalue weighted by molar-refractivity contribution is 5.86. The number of benzene rings is 2. The van der Waals surface area contributed by atoms with Gasteiger partial charge in [-0.25, -0.2) is 14.4 Å². The minimum Gasteiger partial charge on any atom is -0.363 e. The van der Waals surface area contributed by atoms with Gasteiger partial charge in [-0.2, -0.15) is 5.10 Å². The van der Waals surface area contributed by atoms with E-state index in [2.05, 4.69) is 31.8 Å². The van der Waals surface area contributed by atoms with Gasteiger partial charge in [-0.1, -0.05) is 18.2 Å². The number of nitrogens with zero attached hydrogens (tertiary/aromatic N) is 4. The molecule has 1 saturated heterocycles. The predicted octanol–water partition coefficient (Wildman–Crippen LogP) is 3.49. The molecule has 1 fully saturated rings. The molecule has 158 valence electrons. The standard InChI is InChI=1S/C23H24FN7/c1-15-19-12-17(5-6-20(19)30-29-15)21-14-27-22(23(28-21)31-9-7-25-8-10-31)26-13-16-3-2-4-18(24)11-16/h2-6,11-12,14,25H,7-10,13H2,1H3,(H,26,27)(H,29,30). The summed E-state index contributed by atoms with van der Waals surface area (Å²) < 4.78 is 13.5. The molecule has 0 aliphatic carbocycles. The summed E-state index contributed by atoms with van der Waals surface area (Å²) in [4.78, 5) is 11.9. The molecule has 2 aromatic carbocycles. The fourth-order valence-electron chi connectivity index (χ4n) is 3.88. The van der Waals surface area contributed by atoms with Crippen LogP contribution in [0.1, 0.15) is 11.3 Å². The number of fused-ring (bicyclic) bond motifs is 1. The Kier molecular flexibility index (Phi) is 5.21. The van der Waals surface area contributed by atoms with E-state index in [9.17, 15) is 4.39 Å². The van der Waals surface area contributed by atoms with Crippen molar-refractivity contribution < 1.29 is 4.39 Å². The number of halogens is 1. The number of rotatable bonds is 5. The van der Waals surface area contributed by atoms with Crippen LogP contribution >= 0.6 is 0 Å². The number of H-pyrrole nitrogens is 1. The molecule has 0 bridgehead atoms. The zero-order valence-electron chi connectivity index (χ0n) is 17.3. The Morgan fingerprint density at radius 2 is 2.00 bits per heavy atom. The van der Waals surface area contributed by atoms with Crippen molar-refractivity contribution in [2.24, 2.45) is 0 Å². The lowest BCUT2D eigenvalue weighted by atomic mass is 10.1. The number of nitrogens with one attached hydrogen (secondary N) is 3. The minimum atomic E-state index is -0.243. The molecule has 4 aromatic rings. The van der Waals surface area contributed by atoms with Crippen molar-refractivity contribution >= 4 is 22.5 Å². The number of piperazine rings is 1. The quantitative estimate of drug-likeness (QED) is 0.461. The maximum Gasteiger partial charge on any atom is 0.172 e. The second-order valence-electron chi connectivity index (χ2n) is 7.72. The van der Waals surface area contributed by atoms with Crippen LogP contribution < -0.4 is 15.5 Å². The molecular weight excluding hydrogens is 393 g/mol. The molecule has 2 aromatic heterocycles. The first-order chi connectivity index (χ1) is 15.2. The van der Waals surface area contributed by atoms with Gasteiger partial charge in [0.25, 0.3) is 0 Å². The average molecular weight is 417 g/mol. The third kappa shape index (κ3) is 4.06. The van der Waals surface area contributed by atoms with Gasteiger partial charge in [0.15, 0.2) is 11.6 Å². The summed E-state index contributed by atoms with van der Waals surface area (Å²) in [6, 6.07) is 12.7. The molecule has 0 spiro atoms. The Morgan fingerprint density at radius 3 is 2.84 bits per heavy atom. The van der Waals surface area contributed by atoms with Gasteiger partial charge in [0, 0.05) is 43.7 Å². The third-order valence-electron chi connectivity index (χ3n) is 5.57. The molecule has 5 rings (SSSR count). The third-order valence-corrected chi connectivity index (χ3v) is 5.57. The summed E-state index contributed by atoms with van der Waals surface area (Å²) in [5.41, 5.74) is 4.63. The highest BCUT2D eigenvalue weighted by Crippen LogP contribution is 2.29. The van der Waals surface area contributed by atoms with Crippen LogP contribution in [0.5, 0.6) is 0 Å². The normalized spacial score (nSPS) is 14.2. The number of aryl methyl sites for hydroxylation is 1. The molecule has 8 heteroatoms. The zero-order chi connectivity index (χ0) is 21.2. The summed E-state index contributed by atoms with van der Waals surface area (Å²) >= 11 is 0. The van der Waals surface area contributed by atoms with Crippen LogP contribution in [-0.2, 0) is 6.54 Å². The first-order valence-electron chi connectivity index (χ1n) is 10.4. The van der Waals surface area contributed by atoms with Crippen LogP contribution in [0.4, 0.5) is 16.0 Å². The molecule has 0 atom stereocenters. The number of aromatic nitrogens is 4. The van der Waals surface area contributed by atoms with E-state index in [4.69, 9.17) is 9.97 Å². The van der Waals surface area contributed by atoms with E-state index in [-0.39, 0.29) is 5.82 Å². The van der Waals surface area contributed by atoms with E-state index < -0.39 is 0 Å². The van der Waals surface area contributed by atoms with Crippen molar-refractivity contribution in [2.75, 3.05) is 36.4 Å². The van der Waals surface area contributed by atoms with Crippen molar-refractivity contribution in [1.82, 2.24) is 25.5 Å². The summed E-state index contributed by atoms with van der Waals surface area (Å²) in [7, 11) is 0. The SMILES string of the molecule is Cc1n[nH]c2ccc(-c3cnc(NCc4cccc(F)c4)c(N4CCNCC4)n3)cc12. The van der Waals surface area contributed by atoms with Crippen molar-refractivity contribution in [3.8, 4) is 11.3 Å². The number of anilines is 2. The maximum absolute atomic E-state index is 13.5. The van der Waals surface area contributed by atoms with Gasteiger partial charge in [0.2, 0.25) is 0 Å². The van der Waals surface area contributed by atoms with Crippen molar-refractivity contribution in [1.29, 1.82) is 0 Å². The molecule has 0 unspecified atom stereocenters. The van der Waals surface area contributed by atoms with Gasteiger partial charge in [0.1, 0.15) is 5.82 Å². The number of hydrogen-bond acceptors (Lipinski definition) is 6. The van der Waals surface area contributed by atoms with Gasteiger partial charge >= 0.3 is 0 Å². The lowest BCUT2D eigenvalue weighted by Gasteiger charge is -2.30. The van der Waals surface area contributed by atoms with E-state index in [1.807, 2.05) is 25.1 Å². The largest absolute Gasteiger partial charge is 0.363 e. The summed E-state index contributed by atoms with van der Waals surface area (Å²) in [6.07, 6.45) is 1.79. The first-order valence-corrected chi connectivity index (χ1v) is 10.4. The molecule has 0 radical (unpaired) electrons. The minimum absolute atomic E-state index is 0.243. The number of aromatic amines is 1. The van der Waals surface area contributed by atoms with E-state index in [0.29, 0.717) is 12.4 Å². The van der Waals surface area contributed by atoms with Crippen LogP contribution in [0.15, 0.2) is 48.7 Å². The Bertz CT molecular complexity index is 1210. The van der Waals surface area contributed by atoms with Crippen LogP contribution in [0, 0.1) is 12.7 Å². The molecule has 3 N–H and O–H groups in total. The Balaban J connectivity index is 1.49. The first kappa shape index (κ1) is 19.4. The molecule has 1 aliphatic rings. The predicted molar refractivity (Wildman–Crippen MR) is 121 cm³/mol. The number of hydrogen-bond donors (Lipinski definition) is 3. The topological polar surface area (TPSA) is 81.8 Å². The fourth-order valence-corrected chi connectivity index (χ4v) is 3.88. The molecule has 31 heavy (non-hydrogen) atoms. The fraction of sp³-hybridized carbons (Fsp3) is 0.261. The molecule has 7 nitrogen and oxygen atoms in total. The van der Waals surface area contributed by atoms with Gasteiger partial charge in [0.05, 0.1) is 23.1 Å². The monoisotopic (exact) mass is 417 g/mol. The van der Waals surface area contributed by atoms with E-state index >= 15 is 0 Å². The van der Waals surface area contributed by atoms with E-state index in [1.165, 1.54) is 12.1 Å². The van der Waals surface area contributed by atoms with Crippen molar-refractivity contribution in [3.05, 3.63) is 65.7 Å². The van der Waals surface area contributed by atoms with Gasteiger partial charge < -0.3 is 15.5 Å². The van der Waals surface area contributed by atoms with E-state index in [0.717, 1.165) is 65.4 Å². The summed E-state index contributed by atoms with van der Waals surface area (Å²) in [6.45, 7) is 5.97. The Hall–Kier alpha value is -3.52. The van der Waals surface area contributed by atoms with Gasteiger partial charge in [-0.3, -0.25) is 5.10 Å². The molecular formula is C23H24FN7. The summed E-state index contributed by atoms with van der Waals surface area (Å²) in [5, 5.41) is 15.1. The van der Waals surface area contributed by atoms with Crippen LogP contribution in [0.2, 0.25) is 0 Å².